The first-order valence-corrected chi connectivity index (χ1v) is 4.63. The van der Waals surface area contributed by atoms with E-state index in [4.69, 9.17) is 5.73 Å². The van der Waals surface area contributed by atoms with Crippen molar-refractivity contribution in [1.82, 2.24) is 15.2 Å². The van der Waals surface area contributed by atoms with Crippen LogP contribution < -0.4 is 5.73 Å². The molecular formula is C9H10N4S. The molecule has 0 spiro atoms. The maximum absolute atomic E-state index is 5.39. The summed E-state index contributed by atoms with van der Waals surface area (Å²) in [5, 5.41) is 6.52. The lowest BCUT2D eigenvalue weighted by Crippen LogP contribution is -1.91. The van der Waals surface area contributed by atoms with Crippen LogP contribution in [0.5, 0.6) is 0 Å². The van der Waals surface area contributed by atoms with Gasteiger partial charge in [-0.25, -0.2) is 0 Å². The molecule has 2 aromatic rings. The highest BCUT2D eigenvalue weighted by molar-refractivity contribution is 7.80. The van der Waals surface area contributed by atoms with Crippen LogP contribution in [0.15, 0.2) is 29.2 Å². The molecule has 0 aliphatic rings. The fourth-order valence-electron chi connectivity index (χ4n) is 1.25. The Kier molecular flexibility index (Phi) is 2.41. The third-order valence-electron chi connectivity index (χ3n) is 1.83. The van der Waals surface area contributed by atoms with E-state index < -0.39 is 0 Å². The number of anilines is 1. The molecule has 1 heterocycles. The Labute approximate surface area is 87.0 Å². The molecule has 72 valence electrons. The molecule has 1 aromatic heterocycles. The minimum Gasteiger partial charge on any atom is -0.367 e. The first-order valence-electron chi connectivity index (χ1n) is 4.19. The van der Waals surface area contributed by atoms with Gasteiger partial charge in [-0.05, 0) is 17.7 Å². The van der Waals surface area contributed by atoms with Crippen molar-refractivity contribution < 1.29 is 0 Å². The van der Waals surface area contributed by atoms with Gasteiger partial charge in [-0.3, -0.25) is 5.10 Å². The zero-order valence-corrected chi connectivity index (χ0v) is 8.33. The highest BCUT2D eigenvalue weighted by Gasteiger charge is 2.01. The third-order valence-corrected chi connectivity index (χ3v) is 2.11. The average molecular weight is 206 g/mol. The molecule has 0 fully saturated rings. The van der Waals surface area contributed by atoms with Crippen LogP contribution >= 0.6 is 12.6 Å². The number of H-pyrrole nitrogens is 1. The summed E-state index contributed by atoms with van der Waals surface area (Å²) in [6.07, 6.45) is 0.693. The molecule has 14 heavy (non-hydrogen) atoms. The number of nitrogens with zero attached hydrogens (tertiary/aromatic N) is 2. The Morgan fingerprint density at radius 3 is 2.93 bits per heavy atom. The highest BCUT2D eigenvalue weighted by Crippen LogP contribution is 2.11. The summed E-state index contributed by atoms with van der Waals surface area (Å²) in [4.78, 5) is 4.96. The average Bonchev–Trinajstić information content (AvgIpc) is 2.51. The molecule has 4 nitrogen and oxygen atoms in total. The van der Waals surface area contributed by atoms with E-state index in [1.807, 2.05) is 24.3 Å². The SMILES string of the molecule is Nc1n[nH]c(Cc2cccc(S)c2)n1. The highest BCUT2D eigenvalue weighted by atomic mass is 32.1. The van der Waals surface area contributed by atoms with E-state index in [0.29, 0.717) is 6.42 Å². The summed E-state index contributed by atoms with van der Waals surface area (Å²) < 4.78 is 0. The maximum atomic E-state index is 5.39. The van der Waals surface area contributed by atoms with Crippen LogP contribution in [0.1, 0.15) is 11.4 Å². The predicted molar refractivity (Wildman–Crippen MR) is 57.3 cm³/mol. The number of aromatic amines is 1. The van der Waals surface area contributed by atoms with E-state index in [-0.39, 0.29) is 5.95 Å². The van der Waals surface area contributed by atoms with E-state index in [1.54, 1.807) is 0 Å². The lowest BCUT2D eigenvalue weighted by molar-refractivity contribution is 0.970. The smallest absolute Gasteiger partial charge is 0.239 e. The lowest BCUT2D eigenvalue weighted by atomic mass is 10.1. The lowest BCUT2D eigenvalue weighted by Gasteiger charge is -1.98. The van der Waals surface area contributed by atoms with Crippen LogP contribution in [0.4, 0.5) is 5.95 Å². The number of nitrogen functional groups attached to an aromatic ring is 1. The molecular weight excluding hydrogens is 196 g/mol. The Hall–Kier alpha value is -1.49. The summed E-state index contributed by atoms with van der Waals surface area (Å²) in [6, 6.07) is 7.89. The van der Waals surface area contributed by atoms with Crippen molar-refractivity contribution in [3.05, 3.63) is 35.7 Å². The Balaban J connectivity index is 2.18. The van der Waals surface area contributed by atoms with Crippen LogP contribution in [0.3, 0.4) is 0 Å². The number of rotatable bonds is 2. The summed E-state index contributed by atoms with van der Waals surface area (Å²) in [5.74, 6) is 1.04. The zero-order chi connectivity index (χ0) is 9.97. The van der Waals surface area contributed by atoms with Crippen molar-refractivity contribution in [2.24, 2.45) is 0 Å². The van der Waals surface area contributed by atoms with Gasteiger partial charge in [-0.15, -0.1) is 17.7 Å². The van der Waals surface area contributed by atoms with E-state index in [0.717, 1.165) is 16.3 Å². The molecule has 0 bridgehead atoms. The number of hydrogen-bond donors (Lipinski definition) is 3. The standard InChI is InChI=1S/C9H10N4S/c10-9-11-8(12-13-9)5-6-2-1-3-7(14)4-6/h1-4,14H,5H2,(H3,10,11,12,13). The predicted octanol–water partition coefficient (Wildman–Crippen LogP) is 1.27. The Morgan fingerprint density at radius 1 is 1.43 bits per heavy atom. The second-order valence-electron chi connectivity index (χ2n) is 2.99. The molecule has 0 amide bonds. The van der Waals surface area contributed by atoms with E-state index in [1.165, 1.54) is 0 Å². The second kappa shape index (κ2) is 3.71. The number of aromatic nitrogens is 3. The van der Waals surface area contributed by atoms with Crippen LogP contribution in [0.2, 0.25) is 0 Å². The van der Waals surface area contributed by atoms with Crippen LogP contribution in [0, 0.1) is 0 Å². The first kappa shape index (κ1) is 9.08. The van der Waals surface area contributed by atoms with Crippen molar-refractivity contribution in [3.63, 3.8) is 0 Å². The Bertz CT molecular complexity index is 438. The van der Waals surface area contributed by atoms with Gasteiger partial charge in [0.25, 0.3) is 0 Å². The number of thiol groups is 1. The van der Waals surface area contributed by atoms with Gasteiger partial charge in [-0.2, -0.15) is 4.98 Å². The van der Waals surface area contributed by atoms with E-state index in [2.05, 4.69) is 27.8 Å². The van der Waals surface area contributed by atoms with Gasteiger partial charge in [0, 0.05) is 11.3 Å². The van der Waals surface area contributed by atoms with Crippen molar-refractivity contribution in [3.8, 4) is 0 Å². The summed E-state index contributed by atoms with van der Waals surface area (Å²) in [6.45, 7) is 0. The van der Waals surface area contributed by atoms with E-state index >= 15 is 0 Å². The fourth-order valence-corrected chi connectivity index (χ4v) is 1.50. The van der Waals surface area contributed by atoms with E-state index in [9.17, 15) is 0 Å². The van der Waals surface area contributed by atoms with Crippen molar-refractivity contribution in [2.45, 2.75) is 11.3 Å². The Morgan fingerprint density at radius 2 is 2.29 bits per heavy atom. The molecule has 0 aliphatic heterocycles. The number of hydrogen-bond acceptors (Lipinski definition) is 4. The minimum absolute atomic E-state index is 0.280. The molecule has 3 N–H and O–H groups in total. The van der Waals surface area contributed by atoms with Crippen molar-refractivity contribution in [1.29, 1.82) is 0 Å². The monoisotopic (exact) mass is 206 g/mol. The van der Waals surface area contributed by atoms with Gasteiger partial charge in [0.05, 0.1) is 0 Å². The molecule has 0 aliphatic carbocycles. The zero-order valence-electron chi connectivity index (χ0n) is 7.44. The van der Waals surface area contributed by atoms with Gasteiger partial charge in [0.15, 0.2) is 0 Å². The summed E-state index contributed by atoms with van der Waals surface area (Å²) in [5.41, 5.74) is 6.53. The van der Waals surface area contributed by atoms with Gasteiger partial charge < -0.3 is 5.73 Å². The maximum Gasteiger partial charge on any atom is 0.239 e. The minimum atomic E-state index is 0.280. The second-order valence-corrected chi connectivity index (χ2v) is 3.50. The molecule has 5 heteroatoms. The van der Waals surface area contributed by atoms with Gasteiger partial charge >= 0.3 is 0 Å². The first-order chi connectivity index (χ1) is 6.74. The number of nitrogens with one attached hydrogen (secondary N) is 1. The molecule has 1 aromatic carbocycles. The molecule has 2 rings (SSSR count). The number of nitrogens with two attached hydrogens (primary N) is 1. The van der Waals surface area contributed by atoms with Gasteiger partial charge in [-0.1, -0.05) is 12.1 Å². The quantitative estimate of drug-likeness (QED) is 0.648. The summed E-state index contributed by atoms with van der Waals surface area (Å²) >= 11 is 4.25. The topological polar surface area (TPSA) is 67.6 Å². The van der Waals surface area contributed by atoms with Crippen LogP contribution in [-0.4, -0.2) is 15.2 Å². The van der Waals surface area contributed by atoms with Gasteiger partial charge in [0.2, 0.25) is 5.95 Å². The largest absolute Gasteiger partial charge is 0.367 e. The van der Waals surface area contributed by atoms with Crippen molar-refractivity contribution in [2.75, 3.05) is 5.73 Å². The summed E-state index contributed by atoms with van der Waals surface area (Å²) in [7, 11) is 0. The molecule has 0 unspecified atom stereocenters. The normalized spacial score (nSPS) is 10.4. The number of benzene rings is 1. The third kappa shape index (κ3) is 2.05. The van der Waals surface area contributed by atoms with Crippen LogP contribution in [-0.2, 0) is 6.42 Å². The molecule has 0 atom stereocenters. The molecule has 0 radical (unpaired) electrons. The van der Waals surface area contributed by atoms with Crippen molar-refractivity contribution >= 4 is 18.6 Å². The van der Waals surface area contributed by atoms with Crippen LogP contribution in [0.25, 0.3) is 0 Å². The fraction of sp³-hybridized carbons (Fsp3) is 0.111. The molecule has 0 saturated carbocycles. The van der Waals surface area contributed by atoms with Gasteiger partial charge in [0.1, 0.15) is 5.82 Å². The molecule has 0 saturated heterocycles.